The van der Waals surface area contributed by atoms with Crippen molar-refractivity contribution in [2.45, 2.75) is 33.0 Å². The summed E-state index contributed by atoms with van der Waals surface area (Å²) in [4.78, 5) is 28.5. The van der Waals surface area contributed by atoms with Gasteiger partial charge in [0.2, 0.25) is 5.95 Å². The Morgan fingerprint density at radius 2 is 2.14 bits per heavy atom. The lowest BCUT2D eigenvalue weighted by atomic mass is 10.1. The van der Waals surface area contributed by atoms with Crippen LogP contribution in [0.4, 0.5) is 16.2 Å². The molecule has 1 N–H and O–H groups in total. The number of benzene rings is 1. The predicted molar refractivity (Wildman–Crippen MR) is 131 cm³/mol. The molecule has 1 amide bonds. The van der Waals surface area contributed by atoms with Crippen LogP contribution in [0.3, 0.4) is 0 Å². The largest absolute Gasteiger partial charge is 0.382 e. The molecule has 1 unspecified atom stereocenters. The second-order valence-electron chi connectivity index (χ2n) is 8.56. The highest BCUT2D eigenvalue weighted by atomic mass is 19.1. The summed E-state index contributed by atoms with van der Waals surface area (Å²) in [5, 5.41) is 6.69. The van der Waals surface area contributed by atoms with Gasteiger partial charge in [0.15, 0.2) is 5.82 Å². The van der Waals surface area contributed by atoms with E-state index in [2.05, 4.69) is 25.4 Å². The molecular weight excluding hydrogens is 463 g/mol. The van der Waals surface area contributed by atoms with Gasteiger partial charge in [0.05, 0.1) is 28.7 Å². The number of hydrogen-bond acceptors (Lipinski definition) is 7. The van der Waals surface area contributed by atoms with Gasteiger partial charge in [-0.3, -0.25) is 9.48 Å². The van der Waals surface area contributed by atoms with Gasteiger partial charge in [0.1, 0.15) is 17.3 Å². The van der Waals surface area contributed by atoms with Gasteiger partial charge in [0, 0.05) is 49.7 Å². The van der Waals surface area contributed by atoms with Crippen molar-refractivity contribution >= 4 is 17.7 Å². The highest BCUT2D eigenvalue weighted by molar-refractivity contribution is 5.92. The molecule has 1 aromatic carbocycles. The number of fused-ring (bicyclic) bond motifs is 1. The number of imidazole rings is 1. The van der Waals surface area contributed by atoms with Crippen LogP contribution in [0, 0.1) is 19.7 Å². The number of amides is 1. The maximum atomic E-state index is 13.9. The number of nitrogens with one attached hydrogen (secondary N) is 1. The average Bonchev–Trinajstić information content (AvgIpc) is 3.55. The van der Waals surface area contributed by atoms with E-state index in [4.69, 9.17) is 13.0 Å². The number of carbonyl (C=O) groups is 1. The number of anilines is 2. The molecule has 186 valence electrons. The maximum Gasteiger partial charge on any atom is 0.290 e. The molecule has 4 heterocycles. The monoisotopic (exact) mass is 496 g/mol. The lowest BCUT2D eigenvalue weighted by molar-refractivity contribution is 0.0380. The lowest BCUT2D eigenvalue weighted by Gasteiger charge is -2.35. The van der Waals surface area contributed by atoms with Crippen molar-refractivity contribution in [2.24, 2.45) is 6.98 Å². The van der Waals surface area contributed by atoms with Crippen LogP contribution in [0.25, 0.3) is 11.4 Å². The van der Waals surface area contributed by atoms with Gasteiger partial charge >= 0.3 is 0 Å². The summed E-state index contributed by atoms with van der Waals surface area (Å²) >= 11 is 0. The molecule has 0 fully saturated rings. The van der Waals surface area contributed by atoms with Gasteiger partial charge in [-0.15, -0.1) is 0 Å². The molecule has 1 aliphatic heterocycles. The van der Waals surface area contributed by atoms with E-state index < -0.39 is 26.0 Å². The molecule has 0 saturated carbocycles. The topological polar surface area (TPSA) is 103 Å². The van der Waals surface area contributed by atoms with Crippen molar-refractivity contribution < 1.29 is 22.1 Å². The van der Waals surface area contributed by atoms with Crippen molar-refractivity contribution in [3.63, 3.8) is 0 Å². The standard InChI is InChI=1S/C25H27FN8O2/c1-15-9-17(5-6-19(15)26)11-34-18(14-36-4)12-33-13-20(29-23(33)24(34)35)22-16(2)10-27-25(31-22)30-21-7-8-28-32(21)3/h5-10,13,18H,11-12,14H2,1-4H3,(H,27,30,31)/i3D3,4D3. The van der Waals surface area contributed by atoms with E-state index in [1.807, 2.05) is 0 Å². The van der Waals surface area contributed by atoms with Gasteiger partial charge in [0.25, 0.3) is 5.91 Å². The van der Waals surface area contributed by atoms with Crippen LogP contribution in [0.5, 0.6) is 0 Å². The first-order valence-corrected chi connectivity index (χ1v) is 11.1. The Kier molecular flexibility index (Phi) is 4.57. The molecule has 0 bridgehead atoms. The molecule has 1 aliphatic rings. The Balaban J connectivity index is 1.46. The first-order valence-electron chi connectivity index (χ1n) is 14.1. The van der Waals surface area contributed by atoms with E-state index in [0.29, 0.717) is 28.1 Å². The van der Waals surface area contributed by atoms with Crippen molar-refractivity contribution in [1.82, 2.24) is 34.2 Å². The van der Waals surface area contributed by atoms with Crippen LogP contribution in [0.2, 0.25) is 0 Å². The predicted octanol–water partition coefficient (Wildman–Crippen LogP) is 3.24. The molecule has 5 rings (SSSR count). The number of methoxy groups -OCH3 is 1. The van der Waals surface area contributed by atoms with Crippen LogP contribution in [-0.4, -0.2) is 59.8 Å². The molecule has 0 saturated heterocycles. The summed E-state index contributed by atoms with van der Waals surface area (Å²) in [7, 11) is -2.65. The number of hydrogen-bond donors (Lipinski definition) is 1. The number of aryl methyl sites for hydroxylation is 3. The first kappa shape index (κ1) is 17.3. The minimum Gasteiger partial charge on any atom is -0.382 e. The van der Waals surface area contributed by atoms with Crippen LogP contribution in [0.15, 0.2) is 42.9 Å². The molecule has 0 radical (unpaired) electrons. The number of halogens is 1. The van der Waals surface area contributed by atoms with E-state index in [1.54, 1.807) is 36.7 Å². The van der Waals surface area contributed by atoms with Crippen molar-refractivity contribution in [3.8, 4) is 11.4 Å². The third-order valence-electron chi connectivity index (χ3n) is 6.02. The van der Waals surface area contributed by atoms with Crippen molar-refractivity contribution in [1.29, 1.82) is 0 Å². The van der Waals surface area contributed by atoms with Gasteiger partial charge < -0.3 is 19.5 Å². The Morgan fingerprint density at radius 1 is 1.25 bits per heavy atom. The Labute approximate surface area is 216 Å². The molecule has 0 aliphatic carbocycles. The number of nitrogens with zero attached hydrogens (tertiary/aromatic N) is 7. The fourth-order valence-electron chi connectivity index (χ4n) is 4.18. The molecule has 3 aromatic heterocycles. The van der Waals surface area contributed by atoms with Gasteiger partial charge in [-0.1, -0.05) is 12.1 Å². The Hall–Kier alpha value is -4.12. The normalized spacial score (nSPS) is 18.5. The lowest BCUT2D eigenvalue weighted by Crippen LogP contribution is -2.49. The van der Waals surface area contributed by atoms with E-state index in [9.17, 15) is 9.18 Å². The maximum absolute atomic E-state index is 13.9. The molecular formula is C25H27FN8O2. The summed E-state index contributed by atoms with van der Waals surface area (Å²) in [5.41, 5.74) is 2.49. The molecule has 10 nitrogen and oxygen atoms in total. The van der Waals surface area contributed by atoms with E-state index in [0.717, 1.165) is 4.68 Å². The number of carbonyl (C=O) groups excluding carboxylic acids is 1. The Morgan fingerprint density at radius 3 is 2.94 bits per heavy atom. The summed E-state index contributed by atoms with van der Waals surface area (Å²) in [6.07, 6.45) is 4.52. The SMILES string of the molecule is [2H]C([2H])([2H])OCC1Cn2cc(-c3nc(Nc4ccnn4C([2H])([2H])[2H])ncc3C)nc2C(=O)N1Cc1ccc(F)c(C)c1. The molecule has 0 spiro atoms. The second-order valence-corrected chi connectivity index (χ2v) is 8.56. The Bertz CT molecular complexity index is 1630. The fraction of sp³-hybridized carbons (Fsp3) is 0.320. The zero-order chi connectivity index (χ0) is 30.4. The summed E-state index contributed by atoms with van der Waals surface area (Å²) in [6.45, 7) is 0.900. The quantitative estimate of drug-likeness (QED) is 0.419. The van der Waals surface area contributed by atoms with Gasteiger partial charge in [-0.25, -0.2) is 19.3 Å². The smallest absolute Gasteiger partial charge is 0.290 e. The number of ether oxygens (including phenoxy) is 1. The van der Waals surface area contributed by atoms with Crippen LogP contribution < -0.4 is 5.32 Å². The number of aromatic nitrogens is 6. The minimum atomic E-state index is -2.65. The zero-order valence-corrected chi connectivity index (χ0v) is 19.6. The van der Waals surface area contributed by atoms with Crippen LogP contribution in [0.1, 0.15) is 35.5 Å². The highest BCUT2D eigenvalue weighted by Gasteiger charge is 2.34. The van der Waals surface area contributed by atoms with E-state index in [-0.39, 0.29) is 43.1 Å². The van der Waals surface area contributed by atoms with E-state index >= 15 is 0 Å². The highest BCUT2D eigenvalue weighted by Crippen LogP contribution is 2.27. The third-order valence-corrected chi connectivity index (χ3v) is 6.02. The summed E-state index contributed by atoms with van der Waals surface area (Å²) in [6, 6.07) is 5.35. The second kappa shape index (κ2) is 9.50. The molecule has 36 heavy (non-hydrogen) atoms. The van der Waals surface area contributed by atoms with Crippen LogP contribution in [-0.2, 0) is 24.8 Å². The summed E-state index contributed by atoms with van der Waals surface area (Å²) in [5.74, 6) is -0.464. The first-order chi connectivity index (χ1) is 19.7. The average molecular weight is 497 g/mol. The minimum absolute atomic E-state index is 0.0922. The molecule has 4 aromatic rings. The van der Waals surface area contributed by atoms with Gasteiger partial charge in [-0.2, -0.15) is 5.10 Å². The van der Waals surface area contributed by atoms with Crippen LogP contribution >= 0.6 is 0 Å². The molecule has 11 heteroatoms. The van der Waals surface area contributed by atoms with Crippen molar-refractivity contribution in [3.05, 3.63) is 71.2 Å². The van der Waals surface area contributed by atoms with Crippen molar-refractivity contribution in [2.75, 3.05) is 19.0 Å². The molecule has 1 atom stereocenters. The summed E-state index contributed by atoms with van der Waals surface area (Å²) < 4.78 is 66.7. The number of rotatable bonds is 7. The van der Waals surface area contributed by atoms with Gasteiger partial charge in [-0.05, 0) is 36.6 Å². The fourth-order valence-corrected chi connectivity index (χ4v) is 4.18. The third kappa shape index (κ3) is 4.44. The van der Waals surface area contributed by atoms with E-state index in [1.165, 1.54) is 29.4 Å². The zero-order valence-electron chi connectivity index (χ0n) is 25.6.